The van der Waals surface area contributed by atoms with Crippen LogP contribution < -0.4 is 11.2 Å². The zero-order valence-electron chi connectivity index (χ0n) is 13.6. The largest absolute Gasteiger partial charge is 0.481 e. The first-order valence-electron chi connectivity index (χ1n) is 6.47. The summed E-state index contributed by atoms with van der Waals surface area (Å²) in [5.74, 6) is 0. The number of rotatable bonds is 6. The van der Waals surface area contributed by atoms with E-state index in [9.17, 15) is 28.9 Å². The van der Waals surface area contributed by atoms with E-state index in [0.29, 0.717) is 0 Å². The van der Waals surface area contributed by atoms with Gasteiger partial charge in [-0.2, -0.15) is 4.31 Å². The molecule has 0 amide bonds. The number of aromatic amines is 1. The fourth-order valence-electron chi connectivity index (χ4n) is 2.05. The van der Waals surface area contributed by atoms with Crippen LogP contribution in [0.2, 0.25) is 0 Å². The second-order valence-electron chi connectivity index (χ2n) is 4.90. The molecule has 1 aliphatic rings. The van der Waals surface area contributed by atoms with Gasteiger partial charge in [0, 0.05) is 41.8 Å². The molecule has 1 radical (unpaired) electrons. The van der Waals surface area contributed by atoms with Crippen LogP contribution in [0.5, 0.6) is 0 Å². The van der Waals surface area contributed by atoms with Gasteiger partial charge in [-0.3, -0.25) is 18.9 Å². The first-order chi connectivity index (χ1) is 11.4. The van der Waals surface area contributed by atoms with Gasteiger partial charge in [-0.15, -0.1) is 0 Å². The first-order valence-corrected chi connectivity index (χ1v) is 9.49. The average molecular weight is 445 g/mol. The van der Waals surface area contributed by atoms with Crippen molar-refractivity contribution in [2.45, 2.75) is 24.5 Å². The Balaban J connectivity index is 0.00000338. The minimum absolute atomic E-state index is 0. The number of ether oxygens (including phenoxy) is 1. The Morgan fingerprint density at radius 3 is 2.30 bits per heavy atom. The summed E-state index contributed by atoms with van der Waals surface area (Å²) < 4.78 is 35.6. The van der Waals surface area contributed by atoms with E-state index in [1.165, 1.54) is 0 Å². The van der Waals surface area contributed by atoms with Crippen LogP contribution in [0, 0.1) is 0 Å². The molecular formula is C9H16N2NaO13P2. The van der Waals surface area contributed by atoms with E-state index >= 15 is 0 Å². The van der Waals surface area contributed by atoms with Crippen LogP contribution in [0.25, 0.3) is 0 Å². The Labute approximate surface area is 172 Å². The molecule has 1 saturated heterocycles. The monoisotopic (exact) mass is 445 g/mol. The van der Waals surface area contributed by atoms with Crippen LogP contribution in [-0.4, -0.2) is 94.4 Å². The number of aliphatic hydroxyl groups excluding tert-OH is 2. The molecule has 27 heavy (non-hydrogen) atoms. The summed E-state index contributed by atoms with van der Waals surface area (Å²) in [4.78, 5) is 50.7. The molecule has 2 rings (SSSR count). The maximum atomic E-state index is 11.7. The van der Waals surface area contributed by atoms with Crippen LogP contribution in [0.4, 0.5) is 0 Å². The van der Waals surface area contributed by atoms with Gasteiger partial charge in [-0.1, -0.05) is 0 Å². The van der Waals surface area contributed by atoms with Crippen molar-refractivity contribution in [3.8, 4) is 0 Å². The molecule has 0 bridgehead atoms. The molecule has 1 fully saturated rings. The van der Waals surface area contributed by atoms with Gasteiger partial charge in [0.1, 0.15) is 18.3 Å². The quantitative estimate of drug-likeness (QED) is 0.182. The predicted molar refractivity (Wildman–Crippen MR) is 85.5 cm³/mol. The Morgan fingerprint density at radius 2 is 1.78 bits per heavy atom. The number of H-pyrrole nitrogens is 1. The van der Waals surface area contributed by atoms with Crippen LogP contribution >= 0.6 is 15.6 Å². The third-order valence-electron chi connectivity index (χ3n) is 3.07. The molecule has 1 aromatic heterocycles. The van der Waals surface area contributed by atoms with E-state index < -0.39 is 58.0 Å². The van der Waals surface area contributed by atoms with Gasteiger partial charge < -0.3 is 35.1 Å². The van der Waals surface area contributed by atoms with Crippen molar-refractivity contribution in [2.24, 2.45) is 0 Å². The van der Waals surface area contributed by atoms with Crippen molar-refractivity contribution in [3.05, 3.63) is 33.1 Å². The van der Waals surface area contributed by atoms with Crippen LogP contribution in [-0.2, 0) is 22.7 Å². The number of hydrogen-bond acceptors (Lipinski definition) is 9. The zero-order valence-corrected chi connectivity index (χ0v) is 17.4. The topological polar surface area (TPSA) is 249 Å². The van der Waals surface area contributed by atoms with Gasteiger partial charge in [0.25, 0.3) is 5.56 Å². The molecule has 5 unspecified atom stereocenters. The third-order valence-corrected chi connectivity index (χ3v) is 5.23. The van der Waals surface area contributed by atoms with Crippen molar-refractivity contribution >= 4 is 45.2 Å². The zero-order chi connectivity index (χ0) is 19.0. The summed E-state index contributed by atoms with van der Waals surface area (Å²) in [5, 5.41) is 19.8. The molecule has 0 aromatic carbocycles. The normalized spacial score (nSPS) is 27.3. The van der Waals surface area contributed by atoms with E-state index in [0.717, 1.165) is 16.8 Å². The van der Waals surface area contributed by atoms with Crippen LogP contribution in [0.15, 0.2) is 21.9 Å². The third kappa shape index (κ3) is 7.27. The molecule has 8 N–H and O–H groups in total. The van der Waals surface area contributed by atoms with Gasteiger partial charge in [0.15, 0.2) is 6.23 Å². The number of nitrogens with zero attached hydrogens (tertiary/aromatic N) is 1. The summed E-state index contributed by atoms with van der Waals surface area (Å²) >= 11 is 0. The Morgan fingerprint density at radius 1 is 1.19 bits per heavy atom. The summed E-state index contributed by atoms with van der Waals surface area (Å²) in [7, 11) is -10.5. The van der Waals surface area contributed by atoms with Crippen molar-refractivity contribution in [3.63, 3.8) is 0 Å². The molecule has 0 aliphatic carbocycles. The van der Waals surface area contributed by atoms with E-state index in [4.69, 9.17) is 19.4 Å². The number of aromatic nitrogens is 2. The minimum Gasteiger partial charge on any atom is -0.412 e. The second kappa shape index (κ2) is 10.0. The van der Waals surface area contributed by atoms with E-state index in [1.807, 2.05) is 4.98 Å². The Hall–Kier alpha value is -0.220. The predicted octanol–water partition coefficient (Wildman–Crippen LogP) is -3.82. The Kier molecular flexibility index (Phi) is 9.92. The summed E-state index contributed by atoms with van der Waals surface area (Å²) in [6.07, 6.45) is -5.25. The maximum Gasteiger partial charge on any atom is 0.481 e. The molecule has 0 saturated carbocycles. The summed E-state index contributed by atoms with van der Waals surface area (Å²) in [5.41, 5.74) is -1.65. The molecule has 1 aliphatic heterocycles. The summed E-state index contributed by atoms with van der Waals surface area (Å²) in [6, 6.07) is 0.962. The molecule has 151 valence electrons. The van der Waals surface area contributed by atoms with Crippen LogP contribution in [0.1, 0.15) is 6.23 Å². The van der Waals surface area contributed by atoms with E-state index in [1.54, 1.807) is 0 Å². The smallest absolute Gasteiger partial charge is 0.412 e. The minimum atomic E-state index is -5.32. The molecule has 15 nitrogen and oxygen atoms in total. The number of hydrogen-bond donors (Lipinski definition) is 6. The van der Waals surface area contributed by atoms with Crippen molar-refractivity contribution in [1.82, 2.24) is 9.55 Å². The van der Waals surface area contributed by atoms with E-state index in [-0.39, 0.29) is 35.0 Å². The average Bonchev–Trinajstić information content (AvgIpc) is 2.71. The first kappa shape index (κ1) is 26.8. The molecule has 1 aromatic rings. The molecule has 0 spiro atoms. The van der Waals surface area contributed by atoms with Gasteiger partial charge in [-0.25, -0.2) is 13.9 Å². The molecule has 5 atom stereocenters. The SMILES string of the molecule is O.O=c1ccn(C2OC(COP(=O)(O)OP(=O)(O)O)C(O)C2O)c(=O)[nH]1.[Na]. The second-order valence-corrected chi connectivity index (χ2v) is 7.73. The summed E-state index contributed by atoms with van der Waals surface area (Å²) in [6.45, 7) is -0.902. The molecular weight excluding hydrogens is 429 g/mol. The van der Waals surface area contributed by atoms with Gasteiger partial charge >= 0.3 is 21.3 Å². The van der Waals surface area contributed by atoms with E-state index in [2.05, 4.69) is 8.83 Å². The van der Waals surface area contributed by atoms with Gasteiger partial charge in [0.2, 0.25) is 0 Å². The Bertz CT molecular complexity index is 836. The van der Waals surface area contributed by atoms with Crippen molar-refractivity contribution in [1.29, 1.82) is 0 Å². The van der Waals surface area contributed by atoms with Crippen LogP contribution in [0.3, 0.4) is 0 Å². The van der Waals surface area contributed by atoms with Gasteiger partial charge in [0.05, 0.1) is 6.61 Å². The van der Waals surface area contributed by atoms with Gasteiger partial charge in [-0.05, 0) is 0 Å². The number of phosphoric ester groups is 1. The fourth-order valence-corrected chi connectivity index (χ4v) is 3.65. The maximum absolute atomic E-state index is 11.7. The van der Waals surface area contributed by atoms with Crippen molar-refractivity contribution < 1.29 is 53.1 Å². The standard InChI is InChI=1S/C9H14N2O12P2.Na.H2O/c12-5-1-2-11(9(15)10-5)8-7(14)6(13)4(22-8)3-21-25(19,20)23-24(16,17)18;;/h1-2,4,6-8,13-14H,3H2,(H,19,20)(H,10,12,15)(H2,16,17,18);;1H2. The van der Waals surface area contributed by atoms with Crippen molar-refractivity contribution in [2.75, 3.05) is 6.61 Å². The fraction of sp³-hybridized carbons (Fsp3) is 0.556. The number of phosphoric acid groups is 2. The molecule has 2 heterocycles. The number of nitrogens with one attached hydrogen (secondary N) is 1. The molecule has 18 heteroatoms. The number of aliphatic hydroxyl groups is 2.